The lowest BCUT2D eigenvalue weighted by Gasteiger charge is -2.26. The summed E-state index contributed by atoms with van der Waals surface area (Å²) < 4.78 is 6.10. The summed E-state index contributed by atoms with van der Waals surface area (Å²) in [5.41, 5.74) is 6.60. The lowest BCUT2D eigenvalue weighted by atomic mass is 9.83. The molecule has 1 fully saturated rings. The molecule has 1 aliphatic rings. The van der Waals surface area contributed by atoms with Gasteiger partial charge in [0.2, 0.25) is 0 Å². The molecule has 5 rings (SSSR count). The molecule has 0 aromatic heterocycles. The van der Waals surface area contributed by atoms with E-state index in [2.05, 4.69) is 67.7 Å². The van der Waals surface area contributed by atoms with Crippen LogP contribution in [0.5, 0.6) is 0 Å². The average molecular weight is 477 g/mol. The summed E-state index contributed by atoms with van der Waals surface area (Å²) in [6.45, 7) is 4.85. The van der Waals surface area contributed by atoms with Gasteiger partial charge in [-0.3, -0.25) is 0 Å². The fourth-order valence-corrected chi connectivity index (χ4v) is 4.99. The Kier molecular flexibility index (Phi) is 7.15. The first-order valence-corrected chi connectivity index (χ1v) is 12.6. The van der Waals surface area contributed by atoms with Gasteiger partial charge in [0, 0.05) is 24.9 Å². The highest BCUT2D eigenvalue weighted by Crippen LogP contribution is 2.34. The van der Waals surface area contributed by atoms with Crippen molar-refractivity contribution in [1.82, 2.24) is 5.32 Å². The number of carbonyl (C=O) groups is 1. The molecule has 0 radical (unpaired) electrons. The van der Waals surface area contributed by atoms with Gasteiger partial charge < -0.3 is 10.1 Å². The standard InChI is InChI=1S/C32H32N2O2/c1-23-13-17-25(18-14-23)31(26-19-15-24(2)16-20-26)30-21-29(22-33-30)36-32(35)34(27-9-5-3-6-10-27)28-11-7-4-8-12-28/h3-20,29-31,33H,21-22H2,1-2H3/t29-,30-/m1/s1. The van der Waals surface area contributed by atoms with E-state index in [1.165, 1.54) is 22.3 Å². The van der Waals surface area contributed by atoms with E-state index in [1.54, 1.807) is 4.90 Å². The quantitative estimate of drug-likeness (QED) is 0.322. The van der Waals surface area contributed by atoms with Crippen molar-refractivity contribution in [2.24, 2.45) is 0 Å². The van der Waals surface area contributed by atoms with Gasteiger partial charge in [-0.25, -0.2) is 9.69 Å². The zero-order valence-corrected chi connectivity index (χ0v) is 20.8. The van der Waals surface area contributed by atoms with E-state index in [0.717, 1.165) is 17.8 Å². The molecule has 1 aliphatic heterocycles. The number of ether oxygens (including phenoxy) is 1. The Balaban J connectivity index is 1.36. The largest absolute Gasteiger partial charge is 0.444 e. The molecule has 4 aromatic rings. The number of hydrogen-bond acceptors (Lipinski definition) is 3. The van der Waals surface area contributed by atoms with Crippen LogP contribution in [0.3, 0.4) is 0 Å². The number of nitrogens with zero attached hydrogens (tertiary/aromatic N) is 1. The van der Waals surface area contributed by atoms with Crippen molar-refractivity contribution in [2.75, 3.05) is 11.4 Å². The maximum Gasteiger partial charge on any atom is 0.419 e. The second-order valence-corrected chi connectivity index (χ2v) is 9.56. The Morgan fingerprint density at radius 3 is 1.69 bits per heavy atom. The molecule has 4 aromatic carbocycles. The van der Waals surface area contributed by atoms with Gasteiger partial charge in [-0.15, -0.1) is 0 Å². The van der Waals surface area contributed by atoms with Crippen LogP contribution in [0.4, 0.5) is 16.2 Å². The molecule has 0 spiro atoms. The molecule has 1 heterocycles. The zero-order valence-electron chi connectivity index (χ0n) is 20.8. The van der Waals surface area contributed by atoms with Crippen LogP contribution in [0.25, 0.3) is 0 Å². The SMILES string of the molecule is Cc1ccc(C(c2ccc(C)cc2)[C@H]2C[C@@H](OC(=O)N(c3ccccc3)c3ccccc3)CN2)cc1. The Morgan fingerprint density at radius 2 is 1.22 bits per heavy atom. The maximum atomic E-state index is 13.5. The minimum absolute atomic E-state index is 0.162. The number of carbonyl (C=O) groups excluding carboxylic acids is 1. The summed E-state index contributed by atoms with van der Waals surface area (Å²) in [5, 5.41) is 3.66. The van der Waals surface area contributed by atoms with Crippen molar-refractivity contribution in [1.29, 1.82) is 0 Å². The highest BCUT2D eigenvalue weighted by molar-refractivity contribution is 5.96. The smallest absolute Gasteiger partial charge is 0.419 e. The van der Waals surface area contributed by atoms with Crippen molar-refractivity contribution < 1.29 is 9.53 Å². The third-order valence-electron chi connectivity index (χ3n) is 6.88. The highest BCUT2D eigenvalue weighted by Gasteiger charge is 2.35. The predicted molar refractivity (Wildman–Crippen MR) is 146 cm³/mol. The second-order valence-electron chi connectivity index (χ2n) is 9.56. The van der Waals surface area contributed by atoms with Crippen molar-refractivity contribution >= 4 is 17.5 Å². The molecule has 1 N–H and O–H groups in total. The minimum Gasteiger partial charge on any atom is -0.444 e. The number of hydrogen-bond donors (Lipinski definition) is 1. The third-order valence-corrected chi connectivity index (χ3v) is 6.88. The first-order chi connectivity index (χ1) is 17.6. The van der Waals surface area contributed by atoms with Gasteiger partial charge in [-0.05, 0) is 49.2 Å². The zero-order chi connectivity index (χ0) is 24.9. The van der Waals surface area contributed by atoms with Crippen LogP contribution in [0.15, 0.2) is 109 Å². The summed E-state index contributed by atoms with van der Waals surface area (Å²) in [6, 6.07) is 37.0. The van der Waals surface area contributed by atoms with Crippen LogP contribution in [0.2, 0.25) is 0 Å². The Hall–Kier alpha value is -3.89. The van der Waals surface area contributed by atoms with E-state index < -0.39 is 0 Å². The second kappa shape index (κ2) is 10.8. The van der Waals surface area contributed by atoms with Gasteiger partial charge in [0.15, 0.2) is 0 Å². The van der Waals surface area contributed by atoms with Gasteiger partial charge in [-0.1, -0.05) is 96.1 Å². The van der Waals surface area contributed by atoms with Gasteiger partial charge in [-0.2, -0.15) is 0 Å². The van der Waals surface area contributed by atoms with Gasteiger partial charge >= 0.3 is 6.09 Å². The van der Waals surface area contributed by atoms with Crippen molar-refractivity contribution in [3.63, 3.8) is 0 Å². The minimum atomic E-state index is -0.359. The molecule has 1 saturated heterocycles. The van der Waals surface area contributed by atoms with Crippen molar-refractivity contribution in [3.05, 3.63) is 131 Å². The summed E-state index contributed by atoms with van der Waals surface area (Å²) in [5.74, 6) is 0.175. The fraction of sp³-hybridized carbons (Fsp3) is 0.219. The summed E-state index contributed by atoms with van der Waals surface area (Å²) in [7, 11) is 0. The van der Waals surface area contributed by atoms with Gasteiger partial charge in [0.25, 0.3) is 0 Å². The molecule has 1 amide bonds. The molecule has 0 unspecified atom stereocenters. The van der Waals surface area contributed by atoms with Gasteiger partial charge in [0.1, 0.15) is 6.10 Å². The lowest BCUT2D eigenvalue weighted by Crippen LogP contribution is -2.31. The van der Waals surface area contributed by atoms with E-state index in [-0.39, 0.29) is 24.2 Å². The van der Waals surface area contributed by atoms with Gasteiger partial charge in [0.05, 0.1) is 11.4 Å². The van der Waals surface area contributed by atoms with Crippen LogP contribution in [-0.4, -0.2) is 24.8 Å². The maximum absolute atomic E-state index is 13.5. The fourth-order valence-electron chi connectivity index (χ4n) is 4.99. The van der Waals surface area contributed by atoms with Crippen LogP contribution < -0.4 is 10.2 Å². The first kappa shape index (κ1) is 23.8. The molecule has 0 saturated carbocycles. The highest BCUT2D eigenvalue weighted by atomic mass is 16.6. The van der Waals surface area contributed by atoms with E-state index in [0.29, 0.717) is 6.54 Å². The summed E-state index contributed by atoms with van der Waals surface area (Å²) in [4.78, 5) is 15.1. The monoisotopic (exact) mass is 476 g/mol. The molecule has 4 nitrogen and oxygen atoms in total. The normalized spacial score (nSPS) is 17.2. The topological polar surface area (TPSA) is 41.6 Å². The first-order valence-electron chi connectivity index (χ1n) is 12.6. The van der Waals surface area contributed by atoms with Crippen LogP contribution in [0, 0.1) is 13.8 Å². The van der Waals surface area contributed by atoms with Crippen molar-refractivity contribution in [2.45, 2.75) is 38.3 Å². The summed E-state index contributed by atoms with van der Waals surface area (Å²) in [6.07, 6.45) is 0.174. The average Bonchev–Trinajstić information content (AvgIpc) is 3.35. The molecule has 36 heavy (non-hydrogen) atoms. The molecular weight excluding hydrogens is 444 g/mol. The van der Waals surface area contributed by atoms with Crippen LogP contribution >= 0.6 is 0 Å². The Morgan fingerprint density at radius 1 is 0.750 bits per heavy atom. The molecule has 0 aliphatic carbocycles. The van der Waals surface area contributed by atoms with E-state index in [4.69, 9.17) is 4.74 Å². The van der Waals surface area contributed by atoms with Crippen LogP contribution in [-0.2, 0) is 4.74 Å². The lowest BCUT2D eigenvalue weighted by molar-refractivity contribution is 0.115. The molecule has 0 bridgehead atoms. The van der Waals surface area contributed by atoms with Crippen molar-refractivity contribution in [3.8, 4) is 0 Å². The third kappa shape index (κ3) is 5.34. The Labute approximate surface area is 213 Å². The van der Waals surface area contributed by atoms with E-state index >= 15 is 0 Å². The number of nitrogens with one attached hydrogen (secondary N) is 1. The number of amides is 1. The number of aryl methyl sites for hydroxylation is 2. The Bertz CT molecular complexity index is 1190. The number of rotatable bonds is 6. The van der Waals surface area contributed by atoms with E-state index in [9.17, 15) is 4.79 Å². The molecule has 182 valence electrons. The molecular formula is C32H32N2O2. The van der Waals surface area contributed by atoms with Crippen LogP contribution in [0.1, 0.15) is 34.6 Å². The predicted octanol–water partition coefficient (Wildman–Crippen LogP) is 7.14. The van der Waals surface area contributed by atoms with E-state index in [1.807, 2.05) is 60.7 Å². The number of anilines is 2. The molecule has 2 atom stereocenters. The number of benzene rings is 4. The molecule has 4 heteroatoms. The summed E-state index contributed by atoms with van der Waals surface area (Å²) >= 11 is 0. The number of para-hydroxylation sites is 2.